The maximum Gasteiger partial charge on any atom is 0.227 e. The van der Waals surface area contributed by atoms with Gasteiger partial charge in [-0.15, -0.1) is 15.3 Å². The van der Waals surface area contributed by atoms with E-state index in [1.165, 1.54) is 17.0 Å². The van der Waals surface area contributed by atoms with E-state index in [1.54, 1.807) is 23.7 Å². The van der Waals surface area contributed by atoms with Crippen LogP contribution >= 0.6 is 0 Å². The highest BCUT2D eigenvalue weighted by Gasteiger charge is 2.15. The van der Waals surface area contributed by atoms with Gasteiger partial charge in [-0.05, 0) is 50.2 Å². The van der Waals surface area contributed by atoms with Crippen molar-refractivity contribution in [3.63, 3.8) is 0 Å². The minimum atomic E-state index is -0.329. The summed E-state index contributed by atoms with van der Waals surface area (Å²) < 4.78 is 14.7. The van der Waals surface area contributed by atoms with Crippen molar-refractivity contribution in [2.24, 2.45) is 0 Å². The molecule has 0 aliphatic heterocycles. The molecule has 0 saturated carbocycles. The Morgan fingerprint density at radius 3 is 2.44 bits per heavy atom. The van der Waals surface area contributed by atoms with Crippen LogP contribution in [0, 0.1) is 5.82 Å². The van der Waals surface area contributed by atoms with Gasteiger partial charge in [0.15, 0.2) is 11.5 Å². The molecule has 7 nitrogen and oxygen atoms in total. The van der Waals surface area contributed by atoms with Gasteiger partial charge in [-0.2, -0.15) is 4.52 Å². The first-order valence-corrected chi connectivity index (χ1v) is 9.02. The number of hydrogen-bond donors (Lipinski definition) is 0. The second-order valence-corrected chi connectivity index (χ2v) is 6.18. The number of nitrogens with zero attached hydrogens (tertiary/aromatic N) is 6. The van der Waals surface area contributed by atoms with E-state index in [1.807, 2.05) is 12.1 Å². The summed E-state index contributed by atoms with van der Waals surface area (Å²) in [5.41, 5.74) is 1.30. The summed E-state index contributed by atoms with van der Waals surface area (Å²) in [5.74, 6) is 1.08. The maximum absolute atomic E-state index is 13.0. The molecule has 0 unspecified atom stereocenters. The third kappa shape index (κ3) is 4.05. The lowest BCUT2D eigenvalue weighted by Crippen LogP contribution is -2.26. The second kappa shape index (κ2) is 8.11. The van der Waals surface area contributed by atoms with Crippen molar-refractivity contribution in [3.8, 4) is 0 Å². The molecule has 0 atom stereocenters. The van der Waals surface area contributed by atoms with Gasteiger partial charge in [-0.25, -0.2) is 4.39 Å². The van der Waals surface area contributed by atoms with E-state index < -0.39 is 0 Å². The van der Waals surface area contributed by atoms with Crippen molar-refractivity contribution < 1.29 is 9.18 Å². The number of benzene rings is 1. The van der Waals surface area contributed by atoms with Crippen LogP contribution in [0.1, 0.15) is 26.1 Å². The van der Waals surface area contributed by atoms with E-state index in [-0.39, 0.29) is 18.1 Å². The van der Waals surface area contributed by atoms with E-state index >= 15 is 0 Å². The number of aromatic nitrogens is 4. The summed E-state index contributed by atoms with van der Waals surface area (Å²) >= 11 is 0. The first kappa shape index (κ1) is 18.8. The Kier molecular flexibility index (Phi) is 5.63. The second-order valence-electron chi connectivity index (χ2n) is 6.18. The molecule has 142 valence electrons. The van der Waals surface area contributed by atoms with Crippen molar-refractivity contribution in [1.82, 2.24) is 19.8 Å². The third-order valence-electron chi connectivity index (χ3n) is 4.55. The van der Waals surface area contributed by atoms with Gasteiger partial charge in [0.25, 0.3) is 0 Å². The van der Waals surface area contributed by atoms with Crippen molar-refractivity contribution in [3.05, 3.63) is 48.0 Å². The molecule has 8 heteroatoms. The lowest BCUT2D eigenvalue weighted by molar-refractivity contribution is -0.118. The molecule has 0 aliphatic carbocycles. The Morgan fingerprint density at radius 2 is 1.78 bits per heavy atom. The Morgan fingerprint density at radius 1 is 1.07 bits per heavy atom. The van der Waals surface area contributed by atoms with Crippen LogP contribution in [0.25, 0.3) is 5.65 Å². The van der Waals surface area contributed by atoms with Gasteiger partial charge in [-0.3, -0.25) is 4.79 Å². The summed E-state index contributed by atoms with van der Waals surface area (Å²) in [6.45, 7) is 5.86. The monoisotopic (exact) mass is 370 g/mol. The minimum absolute atomic E-state index is 0.0849. The Labute approximate surface area is 157 Å². The quantitative estimate of drug-likeness (QED) is 0.640. The van der Waals surface area contributed by atoms with E-state index in [4.69, 9.17) is 0 Å². The number of rotatable bonds is 7. The van der Waals surface area contributed by atoms with Crippen molar-refractivity contribution in [2.75, 3.05) is 29.9 Å². The van der Waals surface area contributed by atoms with Gasteiger partial charge in [0.1, 0.15) is 11.6 Å². The van der Waals surface area contributed by atoms with E-state index in [0.717, 1.165) is 18.9 Å². The lowest BCUT2D eigenvalue weighted by Gasteiger charge is -2.19. The highest BCUT2D eigenvalue weighted by molar-refractivity contribution is 5.92. The Hall–Kier alpha value is -3.03. The molecular formula is C19H23FN6O. The van der Waals surface area contributed by atoms with Gasteiger partial charge in [0.05, 0.1) is 0 Å². The van der Waals surface area contributed by atoms with Crippen LogP contribution in [0.5, 0.6) is 0 Å². The van der Waals surface area contributed by atoms with Gasteiger partial charge >= 0.3 is 0 Å². The summed E-state index contributed by atoms with van der Waals surface area (Å²) in [6.07, 6.45) is 0.673. The number of anilines is 2. The predicted molar refractivity (Wildman–Crippen MR) is 102 cm³/mol. The zero-order valence-electron chi connectivity index (χ0n) is 15.8. The van der Waals surface area contributed by atoms with Crippen LogP contribution in [-0.2, 0) is 11.2 Å². The highest BCUT2D eigenvalue weighted by atomic mass is 19.1. The summed E-state index contributed by atoms with van der Waals surface area (Å²) in [4.78, 5) is 16.1. The number of fused-ring (bicyclic) bond motifs is 1. The van der Waals surface area contributed by atoms with Gasteiger partial charge < -0.3 is 9.80 Å². The van der Waals surface area contributed by atoms with Crippen LogP contribution in [0.3, 0.4) is 0 Å². The first-order valence-electron chi connectivity index (χ1n) is 9.02. The fraction of sp³-hybridized carbons (Fsp3) is 0.368. The lowest BCUT2D eigenvalue weighted by atomic mass is 10.2. The smallest absolute Gasteiger partial charge is 0.227 e. The fourth-order valence-corrected chi connectivity index (χ4v) is 2.89. The summed E-state index contributed by atoms with van der Waals surface area (Å²) in [6, 6.07) is 9.64. The molecule has 0 saturated heterocycles. The molecule has 0 fully saturated rings. The average molecular weight is 370 g/mol. The van der Waals surface area contributed by atoms with Crippen molar-refractivity contribution in [2.45, 2.75) is 26.7 Å². The summed E-state index contributed by atoms with van der Waals surface area (Å²) in [5, 5.41) is 12.9. The molecular weight excluding hydrogens is 347 g/mol. The molecule has 0 spiro atoms. The zero-order chi connectivity index (χ0) is 19.4. The van der Waals surface area contributed by atoms with Crippen LogP contribution in [0.2, 0.25) is 0 Å². The van der Waals surface area contributed by atoms with Gasteiger partial charge in [0.2, 0.25) is 5.91 Å². The SMILES string of the molecule is CCN(CC)c1ccc2nnc(CCC(=O)N(C)c3ccc(F)cc3)n2n1. The van der Waals surface area contributed by atoms with E-state index in [9.17, 15) is 9.18 Å². The molecule has 1 amide bonds. The largest absolute Gasteiger partial charge is 0.356 e. The number of carbonyl (C=O) groups is 1. The molecule has 3 rings (SSSR count). The van der Waals surface area contributed by atoms with Crippen LogP contribution in [0.15, 0.2) is 36.4 Å². The standard InChI is InChI=1S/C19H23FN6O/c1-4-25(5-2)18-11-10-16-21-22-17(26(16)23-18)12-13-19(27)24(3)15-8-6-14(20)7-9-15/h6-11H,4-5,12-13H2,1-3H3. The number of halogens is 1. The van der Waals surface area contributed by atoms with Crippen molar-refractivity contribution in [1.29, 1.82) is 0 Å². The highest BCUT2D eigenvalue weighted by Crippen LogP contribution is 2.16. The van der Waals surface area contributed by atoms with Crippen LogP contribution in [-0.4, -0.2) is 45.9 Å². The average Bonchev–Trinajstić information content (AvgIpc) is 3.09. The van der Waals surface area contributed by atoms with Crippen molar-refractivity contribution >= 4 is 23.1 Å². The molecule has 0 radical (unpaired) electrons. The Balaban J connectivity index is 1.73. The predicted octanol–water partition coefficient (Wildman–Crippen LogP) is 2.71. The molecule has 0 aliphatic rings. The molecule has 2 aromatic heterocycles. The fourth-order valence-electron chi connectivity index (χ4n) is 2.89. The first-order chi connectivity index (χ1) is 13.0. The van der Waals surface area contributed by atoms with E-state index in [2.05, 4.69) is 34.0 Å². The van der Waals surface area contributed by atoms with Crippen LogP contribution in [0.4, 0.5) is 15.9 Å². The third-order valence-corrected chi connectivity index (χ3v) is 4.55. The molecule has 1 aromatic carbocycles. The van der Waals surface area contributed by atoms with E-state index in [0.29, 0.717) is 23.6 Å². The van der Waals surface area contributed by atoms with Crippen LogP contribution < -0.4 is 9.80 Å². The zero-order valence-corrected chi connectivity index (χ0v) is 15.8. The topological polar surface area (TPSA) is 66.6 Å². The molecule has 3 aromatic rings. The number of carbonyl (C=O) groups excluding carboxylic acids is 1. The summed E-state index contributed by atoms with van der Waals surface area (Å²) in [7, 11) is 1.67. The van der Waals surface area contributed by atoms with Gasteiger partial charge in [-0.1, -0.05) is 0 Å². The Bertz CT molecular complexity index is 920. The molecule has 2 heterocycles. The maximum atomic E-state index is 13.0. The molecule has 0 N–H and O–H groups in total. The normalized spacial score (nSPS) is 11.0. The number of hydrogen-bond acceptors (Lipinski definition) is 5. The molecule has 0 bridgehead atoms. The molecule has 27 heavy (non-hydrogen) atoms. The number of aryl methyl sites for hydroxylation is 1. The van der Waals surface area contributed by atoms with Gasteiger partial charge in [0, 0.05) is 38.7 Å². The minimum Gasteiger partial charge on any atom is -0.356 e. The number of amides is 1.